The Morgan fingerprint density at radius 1 is 1.17 bits per heavy atom. The van der Waals surface area contributed by atoms with Gasteiger partial charge in [0.1, 0.15) is 18.1 Å². The second kappa shape index (κ2) is 8.26. The van der Waals surface area contributed by atoms with Crippen molar-refractivity contribution in [3.8, 4) is 0 Å². The Hall–Kier alpha value is -2.00. The molecule has 0 spiro atoms. The summed E-state index contributed by atoms with van der Waals surface area (Å²) in [5.41, 5.74) is 1.27. The first-order chi connectivity index (χ1) is 14.7. The summed E-state index contributed by atoms with van der Waals surface area (Å²) in [5, 5.41) is 1.25. The molecule has 3 unspecified atom stereocenters. The van der Waals surface area contributed by atoms with Crippen LogP contribution in [0.1, 0.15) is 50.5 Å². The minimum atomic E-state index is -1.04. The molecule has 3 aliphatic heterocycles. The Balaban J connectivity index is 1.30. The van der Waals surface area contributed by atoms with Gasteiger partial charge in [-0.3, -0.25) is 9.63 Å². The van der Waals surface area contributed by atoms with E-state index in [-0.39, 0.29) is 12.7 Å². The summed E-state index contributed by atoms with van der Waals surface area (Å²) >= 11 is 0. The topological polar surface area (TPSA) is 83.5 Å². The largest absolute Gasteiger partial charge is 0.464 e. The van der Waals surface area contributed by atoms with Crippen molar-refractivity contribution in [1.29, 1.82) is 0 Å². The lowest BCUT2D eigenvalue weighted by atomic mass is 9.81. The third kappa shape index (κ3) is 3.51. The fraction of sp³-hybridized carbons (Fsp3) is 0.636. The van der Waals surface area contributed by atoms with Crippen LogP contribution in [0.5, 0.6) is 0 Å². The Bertz CT molecular complexity index is 787. The first-order valence-corrected chi connectivity index (χ1v) is 10.9. The van der Waals surface area contributed by atoms with Gasteiger partial charge in [-0.15, -0.1) is 0 Å². The van der Waals surface area contributed by atoms with Crippen LogP contribution in [0.4, 0.5) is 0 Å². The number of ether oxygens (including phenoxy) is 3. The molecule has 0 aromatic heterocycles. The molecule has 1 aromatic carbocycles. The van der Waals surface area contributed by atoms with E-state index in [0.29, 0.717) is 12.3 Å². The SMILES string of the molecule is CCOC(=O)[C@@H]1ON2O[C@H](OC3CCCCC3c3ccccc3)C[C@H]3OC(=O)[C@@H]1C32. The highest BCUT2D eigenvalue weighted by molar-refractivity contribution is 5.86. The van der Waals surface area contributed by atoms with E-state index in [9.17, 15) is 9.59 Å². The number of hydrogen-bond donors (Lipinski definition) is 0. The van der Waals surface area contributed by atoms with Crippen LogP contribution in [-0.4, -0.2) is 54.4 Å². The van der Waals surface area contributed by atoms with Crippen molar-refractivity contribution in [3.05, 3.63) is 35.9 Å². The molecular formula is C22H27NO7. The maximum atomic E-state index is 12.4. The summed E-state index contributed by atoms with van der Waals surface area (Å²) in [6.45, 7) is 1.92. The van der Waals surface area contributed by atoms with Gasteiger partial charge in [0.05, 0.1) is 12.7 Å². The molecule has 4 fully saturated rings. The number of esters is 2. The zero-order chi connectivity index (χ0) is 20.7. The van der Waals surface area contributed by atoms with Crippen LogP contribution in [0.2, 0.25) is 0 Å². The number of carbonyl (C=O) groups excluding carboxylic acids is 2. The predicted molar refractivity (Wildman–Crippen MR) is 103 cm³/mol. The first-order valence-electron chi connectivity index (χ1n) is 10.9. The molecule has 162 valence electrons. The molecular weight excluding hydrogens is 390 g/mol. The molecule has 1 aliphatic carbocycles. The number of hydroxylamine groups is 2. The third-order valence-electron chi connectivity index (χ3n) is 6.50. The van der Waals surface area contributed by atoms with Crippen molar-refractivity contribution < 1.29 is 33.5 Å². The van der Waals surface area contributed by atoms with Crippen molar-refractivity contribution in [2.75, 3.05) is 6.61 Å². The molecule has 0 N–H and O–H groups in total. The van der Waals surface area contributed by atoms with E-state index in [1.165, 1.54) is 17.2 Å². The van der Waals surface area contributed by atoms with Crippen LogP contribution in [0.25, 0.3) is 0 Å². The lowest BCUT2D eigenvalue weighted by Gasteiger charge is -2.39. The van der Waals surface area contributed by atoms with Gasteiger partial charge in [-0.25, -0.2) is 9.63 Å². The van der Waals surface area contributed by atoms with Crippen molar-refractivity contribution in [2.45, 2.75) is 75.6 Å². The van der Waals surface area contributed by atoms with Crippen molar-refractivity contribution in [2.24, 2.45) is 5.92 Å². The summed E-state index contributed by atoms with van der Waals surface area (Å²) in [5.74, 6) is -1.46. The van der Waals surface area contributed by atoms with Gasteiger partial charge in [-0.1, -0.05) is 48.4 Å². The van der Waals surface area contributed by atoms with E-state index in [1.54, 1.807) is 6.92 Å². The lowest BCUT2D eigenvalue weighted by Crippen LogP contribution is -2.49. The molecule has 30 heavy (non-hydrogen) atoms. The predicted octanol–water partition coefficient (Wildman–Crippen LogP) is 2.48. The number of nitrogens with zero attached hydrogens (tertiary/aromatic N) is 1. The van der Waals surface area contributed by atoms with Gasteiger partial charge in [0.25, 0.3) is 0 Å². The first kappa shape index (κ1) is 19.9. The molecule has 8 nitrogen and oxygen atoms in total. The highest BCUT2D eigenvalue weighted by Gasteiger charge is 2.64. The highest BCUT2D eigenvalue weighted by atomic mass is 17.0. The van der Waals surface area contributed by atoms with Gasteiger partial charge in [0, 0.05) is 12.3 Å². The average Bonchev–Trinajstić information content (AvgIpc) is 3.30. The minimum absolute atomic E-state index is 0.0130. The van der Waals surface area contributed by atoms with Crippen LogP contribution in [0.15, 0.2) is 30.3 Å². The van der Waals surface area contributed by atoms with Gasteiger partial charge >= 0.3 is 11.9 Å². The van der Waals surface area contributed by atoms with Crippen molar-refractivity contribution in [1.82, 2.24) is 5.23 Å². The van der Waals surface area contributed by atoms with E-state index >= 15 is 0 Å². The van der Waals surface area contributed by atoms with Crippen molar-refractivity contribution >= 4 is 11.9 Å². The molecule has 4 aliphatic rings. The summed E-state index contributed by atoms with van der Waals surface area (Å²) in [6.07, 6.45) is 2.64. The molecule has 3 heterocycles. The molecule has 3 saturated heterocycles. The summed E-state index contributed by atoms with van der Waals surface area (Å²) in [4.78, 5) is 36.3. The monoisotopic (exact) mass is 417 g/mol. The van der Waals surface area contributed by atoms with Gasteiger partial charge in [-0.05, 0) is 25.3 Å². The molecule has 0 amide bonds. The summed E-state index contributed by atoms with van der Waals surface area (Å²) in [7, 11) is 0. The fourth-order valence-electron chi connectivity index (χ4n) is 5.15. The molecule has 8 heteroatoms. The summed E-state index contributed by atoms with van der Waals surface area (Å²) < 4.78 is 17.0. The molecule has 5 rings (SSSR count). The van der Waals surface area contributed by atoms with Gasteiger partial charge in [0.2, 0.25) is 0 Å². The second-order valence-corrected chi connectivity index (χ2v) is 8.30. The smallest absolute Gasteiger partial charge is 0.338 e. The standard InChI is InChI=1S/C22H27NO7/c1-2-26-22(25)20-18-19-16(28-21(18)24)12-17(29-23(19)30-20)27-15-11-7-6-10-14(15)13-8-4-3-5-9-13/h3-5,8-9,14-20H,2,6-7,10-12H2,1H3/t14?,15?,16-,17+,18-,19?,20-/m1/s1. The second-order valence-electron chi connectivity index (χ2n) is 8.30. The zero-order valence-corrected chi connectivity index (χ0v) is 17.0. The fourth-order valence-corrected chi connectivity index (χ4v) is 5.15. The van der Waals surface area contributed by atoms with Gasteiger partial charge in [0.15, 0.2) is 12.4 Å². The summed E-state index contributed by atoms with van der Waals surface area (Å²) in [6, 6.07) is 9.94. The van der Waals surface area contributed by atoms with E-state index in [1.807, 2.05) is 6.07 Å². The van der Waals surface area contributed by atoms with Crippen LogP contribution in [0, 0.1) is 5.92 Å². The molecule has 1 aromatic rings. The maximum Gasteiger partial charge on any atom is 0.338 e. The maximum absolute atomic E-state index is 12.4. The molecule has 7 atom stereocenters. The Kier molecular flexibility index (Phi) is 5.49. The van der Waals surface area contributed by atoms with Crippen molar-refractivity contribution in [3.63, 3.8) is 0 Å². The molecule has 0 radical (unpaired) electrons. The Labute approximate surface area is 175 Å². The molecule has 0 bridgehead atoms. The van der Waals surface area contributed by atoms with Crippen LogP contribution >= 0.6 is 0 Å². The number of benzene rings is 1. The third-order valence-corrected chi connectivity index (χ3v) is 6.50. The van der Waals surface area contributed by atoms with E-state index in [2.05, 4.69) is 24.3 Å². The Morgan fingerprint density at radius 2 is 1.97 bits per heavy atom. The number of rotatable bonds is 5. The van der Waals surface area contributed by atoms with Crippen LogP contribution in [-0.2, 0) is 33.5 Å². The van der Waals surface area contributed by atoms with Gasteiger partial charge in [-0.2, -0.15) is 0 Å². The van der Waals surface area contributed by atoms with E-state index in [4.69, 9.17) is 23.9 Å². The Morgan fingerprint density at radius 3 is 2.77 bits per heavy atom. The van der Waals surface area contributed by atoms with Crippen LogP contribution < -0.4 is 0 Å². The van der Waals surface area contributed by atoms with Gasteiger partial charge < -0.3 is 14.2 Å². The minimum Gasteiger partial charge on any atom is -0.464 e. The normalized spacial score (nSPS) is 38.2. The molecule has 1 saturated carbocycles. The zero-order valence-electron chi connectivity index (χ0n) is 17.0. The highest BCUT2D eigenvalue weighted by Crippen LogP contribution is 2.44. The number of carbonyl (C=O) groups is 2. The van der Waals surface area contributed by atoms with E-state index < -0.39 is 42.4 Å². The quantitative estimate of drug-likeness (QED) is 0.676. The lowest BCUT2D eigenvalue weighted by molar-refractivity contribution is -0.446. The number of hydrogen-bond acceptors (Lipinski definition) is 8. The van der Waals surface area contributed by atoms with E-state index in [0.717, 1.165) is 19.3 Å². The van der Waals surface area contributed by atoms with Crippen LogP contribution in [0.3, 0.4) is 0 Å². The average molecular weight is 417 g/mol.